The molecule has 158 valence electrons. The number of hydrogen-bond donors (Lipinski definition) is 4. The van der Waals surface area contributed by atoms with Gasteiger partial charge in [-0.25, -0.2) is 8.42 Å². The smallest absolute Gasteiger partial charge is 0.271 e. The highest BCUT2D eigenvalue weighted by Gasteiger charge is 2.21. The van der Waals surface area contributed by atoms with Crippen molar-refractivity contribution in [2.75, 3.05) is 4.72 Å². The van der Waals surface area contributed by atoms with Crippen LogP contribution in [0.15, 0.2) is 62.7 Å². The maximum absolute atomic E-state index is 12.5. The Labute approximate surface area is 176 Å². The first-order valence-corrected chi connectivity index (χ1v) is 11.1. The molecule has 3 aromatic rings. The van der Waals surface area contributed by atoms with Gasteiger partial charge in [0.15, 0.2) is 0 Å². The summed E-state index contributed by atoms with van der Waals surface area (Å²) in [6, 6.07) is 9.26. The molecule has 0 spiro atoms. The number of aromatic hydroxyl groups is 1. The van der Waals surface area contributed by atoms with Crippen LogP contribution in [0, 0.1) is 0 Å². The number of furan rings is 1. The zero-order chi connectivity index (χ0) is 21.7. The number of thiophene rings is 1. The number of hydrogen-bond acceptors (Lipinski definition) is 7. The summed E-state index contributed by atoms with van der Waals surface area (Å²) in [5.41, 5.74) is -0.0756. The number of rotatable bonds is 8. The Morgan fingerprint density at radius 2 is 2.00 bits per heavy atom. The molecule has 0 bridgehead atoms. The zero-order valence-corrected chi connectivity index (χ0v) is 17.4. The molecule has 0 fully saturated rings. The fraction of sp³-hybridized carbons (Fsp3) is 0.158. The first-order valence-electron chi connectivity index (χ1n) is 8.76. The molecule has 2 heterocycles. The molecular weight excluding hydrogens is 430 g/mol. The van der Waals surface area contributed by atoms with Crippen molar-refractivity contribution >= 4 is 38.9 Å². The monoisotopic (exact) mass is 449 g/mol. The summed E-state index contributed by atoms with van der Waals surface area (Å²) in [6.07, 6.45) is 1.48. The van der Waals surface area contributed by atoms with Crippen molar-refractivity contribution in [1.29, 1.82) is 0 Å². The van der Waals surface area contributed by atoms with Gasteiger partial charge in [-0.2, -0.15) is 0 Å². The second-order valence-corrected chi connectivity index (χ2v) is 9.12. The van der Waals surface area contributed by atoms with E-state index in [4.69, 9.17) is 4.42 Å². The van der Waals surface area contributed by atoms with E-state index in [0.29, 0.717) is 5.76 Å². The van der Waals surface area contributed by atoms with Gasteiger partial charge in [-0.05, 0) is 48.7 Å². The number of nitrogens with one attached hydrogen (secondary N) is 3. The second-order valence-electron chi connectivity index (χ2n) is 6.26. The fourth-order valence-electron chi connectivity index (χ4n) is 2.48. The van der Waals surface area contributed by atoms with Gasteiger partial charge >= 0.3 is 0 Å². The van der Waals surface area contributed by atoms with Crippen LogP contribution in [-0.4, -0.2) is 31.4 Å². The van der Waals surface area contributed by atoms with Crippen LogP contribution in [0.5, 0.6) is 5.75 Å². The molecule has 0 aliphatic rings. The molecule has 0 aliphatic carbocycles. The first kappa shape index (κ1) is 21.4. The van der Waals surface area contributed by atoms with Crippen LogP contribution in [0.1, 0.15) is 23.0 Å². The third-order valence-electron chi connectivity index (χ3n) is 4.01. The Bertz CT molecular complexity index is 1130. The van der Waals surface area contributed by atoms with Crippen molar-refractivity contribution in [1.82, 2.24) is 10.6 Å². The normalized spacial score (nSPS) is 12.2. The molecule has 3 rings (SSSR count). The minimum atomic E-state index is -3.81. The Morgan fingerprint density at radius 3 is 2.67 bits per heavy atom. The number of carbonyl (C=O) groups is 2. The van der Waals surface area contributed by atoms with Gasteiger partial charge in [0.25, 0.3) is 15.9 Å². The van der Waals surface area contributed by atoms with Gasteiger partial charge in [-0.15, -0.1) is 11.3 Å². The van der Waals surface area contributed by atoms with Crippen LogP contribution in [0.2, 0.25) is 0 Å². The average Bonchev–Trinajstić information content (AvgIpc) is 3.41. The van der Waals surface area contributed by atoms with Crippen LogP contribution in [0.3, 0.4) is 0 Å². The molecule has 0 aliphatic heterocycles. The van der Waals surface area contributed by atoms with Gasteiger partial charge in [0.1, 0.15) is 21.8 Å². The Balaban J connectivity index is 1.66. The maximum atomic E-state index is 12.5. The Hall–Kier alpha value is -3.31. The molecule has 9 nitrogen and oxygen atoms in total. The number of anilines is 1. The van der Waals surface area contributed by atoms with E-state index in [0.717, 1.165) is 11.3 Å². The van der Waals surface area contributed by atoms with Crippen molar-refractivity contribution in [2.24, 2.45) is 0 Å². The van der Waals surface area contributed by atoms with E-state index in [1.165, 1.54) is 37.5 Å². The molecular formula is C19H19N3O6S2. The highest BCUT2D eigenvalue weighted by molar-refractivity contribution is 7.94. The van der Waals surface area contributed by atoms with E-state index in [9.17, 15) is 23.1 Å². The lowest BCUT2D eigenvalue weighted by atomic mass is 10.1. The largest absolute Gasteiger partial charge is 0.507 e. The third kappa shape index (κ3) is 5.19. The lowest BCUT2D eigenvalue weighted by molar-refractivity contribution is -0.122. The molecule has 0 radical (unpaired) electrons. The number of sulfonamides is 1. The van der Waals surface area contributed by atoms with Crippen molar-refractivity contribution in [2.45, 2.75) is 23.7 Å². The predicted octanol–water partition coefficient (Wildman–Crippen LogP) is 2.28. The summed E-state index contributed by atoms with van der Waals surface area (Å²) in [7, 11) is -3.81. The van der Waals surface area contributed by atoms with Gasteiger partial charge in [-0.3, -0.25) is 14.3 Å². The molecule has 0 unspecified atom stereocenters. The van der Waals surface area contributed by atoms with Crippen LogP contribution < -0.4 is 15.4 Å². The van der Waals surface area contributed by atoms with Crippen LogP contribution in [0.4, 0.5) is 5.69 Å². The van der Waals surface area contributed by atoms with E-state index in [1.807, 2.05) is 0 Å². The summed E-state index contributed by atoms with van der Waals surface area (Å²) in [4.78, 5) is 24.7. The fourth-order valence-corrected chi connectivity index (χ4v) is 4.53. The van der Waals surface area contributed by atoms with E-state index in [1.54, 1.807) is 23.6 Å². The van der Waals surface area contributed by atoms with Crippen LogP contribution >= 0.6 is 11.3 Å². The van der Waals surface area contributed by atoms with Gasteiger partial charge in [0.2, 0.25) is 5.91 Å². The number of benzene rings is 1. The number of phenolic OH excluding ortho intramolecular Hbond substituents is 1. The van der Waals surface area contributed by atoms with Crippen molar-refractivity contribution in [3.8, 4) is 5.75 Å². The van der Waals surface area contributed by atoms with E-state index in [-0.39, 0.29) is 27.8 Å². The summed E-state index contributed by atoms with van der Waals surface area (Å²) in [5.74, 6) is -0.973. The van der Waals surface area contributed by atoms with Crippen molar-refractivity contribution in [3.05, 3.63) is 65.4 Å². The lowest BCUT2D eigenvalue weighted by Crippen LogP contribution is -2.44. The SMILES string of the molecule is C[C@H](NC(=O)c1cc(NS(=O)(=O)c2cccs2)ccc1O)C(=O)NCc1ccco1. The zero-order valence-electron chi connectivity index (χ0n) is 15.8. The molecule has 2 aromatic heterocycles. The third-order valence-corrected chi connectivity index (χ3v) is 6.79. The van der Waals surface area contributed by atoms with Gasteiger partial charge in [-0.1, -0.05) is 6.07 Å². The summed E-state index contributed by atoms with van der Waals surface area (Å²) in [6.45, 7) is 1.65. The van der Waals surface area contributed by atoms with E-state index in [2.05, 4.69) is 15.4 Å². The molecule has 30 heavy (non-hydrogen) atoms. The Kier molecular flexibility index (Phi) is 6.43. The highest BCUT2D eigenvalue weighted by atomic mass is 32.2. The number of phenols is 1. The van der Waals surface area contributed by atoms with Gasteiger partial charge in [0.05, 0.1) is 18.4 Å². The van der Waals surface area contributed by atoms with Gasteiger partial charge in [0, 0.05) is 5.69 Å². The summed E-state index contributed by atoms with van der Waals surface area (Å²) < 4.78 is 32.3. The number of carbonyl (C=O) groups excluding carboxylic acids is 2. The van der Waals surface area contributed by atoms with E-state index >= 15 is 0 Å². The maximum Gasteiger partial charge on any atom is 0.271 e. The molecule has 11 heteroatoms. The average molecular weight is 450 g/mol. The van der Waals surface area contributed by atoms with Crippen molar-refractivity contribution in [3.63, 3.8) is 0 Å². The lowest BCUT2D eigenvalue weighted by Gasteiger charge is -2.15. The van der Waals surface area contributed by atoms with Gasteiger partial charge < -0.3 is 20.2 Å². The van der Waals surface area contributed by atoms with E-state index < -0.39 is 27.9 Å². The minimum Gasteiger partial charge on any atom is -0.507 e. The molecule has 0 saturated carbocycles. The van der Waals surface area contributed by atoms with Crippen molar-refractivity contribution < 1.29 is 27.5 Å². The second kappa shape index (κ2) is 9.01. The van der Waals surface area contributed by atoms with Crippen LogP contribution in [-0.2, 0) is 21.4 Å². The quantitative estimate of drug-likeness (QED) is 0.389. The molecule has 4 N–H and O–H groups in total. The summed E-state index contributed by atoms with van der Waals surface area (Å²) >= 11 is 1.05. The van der Waals surface area contributed by atoms with Crippen LogP contribution in [0.25, 0.3) is 0 Å². The minimum absolute atomic E-state index is 0.0984. The standard InChI is InChI=1S/C19H19N3O6S2/c1-12(18(24)20-11-14-4-2-8-28-14)21-19(25)15-10-13(6-7-16(15)23)22-30(26,27)17-5-3-9-29-17/h2-10,12,22-23H,11H2,1H3,(H,20,24)(H,21,25)/t12-/m0/s1. The first-order chi connectivity index (χ1) is 14.3. The predicted molar refractivity (Wildman–Crippen MR) is 111 cm³/mol. The Morgan fingerprint density at radius 1 is 1.20 bits per heavy atom. The highest BCUT2D eigenvalue weighted by Crippen LogP contribution is 2.25. The number of amides is 2. The molecule has 2 amide bonds. The molecule has 1 aromatic carbocycles. The molecule has 1 atom stereocenters. The molecule has 0 saturated heterocycles. The summed E-state index contributed by atoms with van der Waals surface area (Å²) in [5, 5.41) is 16.7. The topological polar surface area (TPSA) is 138 Å².